The molecule has 0 spiro atoms. The molecule has 0 radical (unpaired) electrons. The monoisotopic (exact) mass is 234 g/mol. The molecule has 1 aliphatic rings. The summed E-state index contributed by atoms with van der Waals surface area (Å²) in [6.07, 6.45) is 4.97. The van der Waals surface area contributed by atoms with Crippen LogP contribution in [0.2, 0.25) is 0 Å². The summed E-state index contributed by atoms with van der Waals surface area (Å²) in [7, 11) is 0. The van der Waals surface area contributed by atoms with Gasteiger partial charge in [-0.15, -0.1) is 0 Å². The molecule has 1 unspecified atom stereocenters. The van der Waals surface area contributed by atoms with Crippen molar-refractivity contribution < 1.29 is 9.84 Å². The first-order chi connectivity index (χ1) is 8.29. The van der Waals surface area contributed by atoms with Crippen molar-refractivity contribution in [3.05, 3.63) is 23.9 Å². The SMILES string of the molecule is Cc1ncnn2c([C@H]3CCC(CO)O3)cnc12. The third kappa shape index (κ3) is 1.69. The average Bonchev–Trinajstić information content (AvgIpc) is 2.94. The average molecular weight is 234 g/mol. The number of hydrogen-bond acceptors (Lipinski definition) is 5. The lowest BCUT2D eigenvalue weighted by atomic mass is 10.1. The van der Waals surface area contributed by atoms with E-state index >= 15 is 0 Å². The van der Waals surface area contributed by atoms with Crippen molar-refractivity contribution in [1.82, 2.24) is 19.6 Å². The van der Waals surface area contributed by atoms with E-state index in [4.69, 9.17) is 9.84 Å². The third-order valence-corrected chi connectivity index (χ3v) is 3.15. The Balaban J connectivity index is 1.99. The van der Waals surface area contributed by atoms with Crippen LogP contribution in [-0.2, 0) is 4.74 Å². The van der Waals surface area contributed by atoms with Gasteiger partial charge >= 0.3 is 0 Å². The normalized spacial score (nSPS) is 24.6. The van der Waals surface area contributed by atoms with Crippen LogP contribution in [0.15, 0.2) is 12.5 Å². The molecule has 6 heteroatoms. The lowest BCUT2D eigenvalue weighted by molar-refractivity contribution is 0.00851. The first-order valence-electron chi connectivity index (χ1n) is 5.71. The van der Waals surface area contributed by atoms with Crippen molar-refractivity contribution in [1.29, 1.82) is 0 Å². The molecule has 6 nitrogen and oxygen atoms in total. The van der Waals surface area contributed by atoms with Crippen LogP contribution in [0.4, 0.5) is 0 Å². The molecule has 0 aliphatic carbocycles. The van der Waals surface area contributed by atoms with Gasteiger partial charge in [-0.3, -0.25) is 0 Å². The molecule has 0 aromatic carbocycles. The van der Waals surface area contributed by atoms with Crippen molar-refractivity contribution in [3.8, 4) is 0 Å². The molecule has 0 saturated carbocycles. The van der Waals surface area contributed by atoms with Crippen LogP contribution in [0.1, 0.15) is 30.3 Å². The van der Waals surface area contributed by atoms with Crippen LogP contribution in [-0.4, -0.2) is 37.4 Å². The van der Waals surface area contributed by atoms with Gasteiger partial charge in [0.15, 0.2) is 5.65 Å². The summed E-state index contributed by atoms with van der Waals surface area (Å²) >= 11 is 0. The smallest absolute Gasteiger partial charge is 0.175 e. The maximum absolute atomic E-state index is 9.07. The van der Waals surface area contributed by atoms with E-state index in [0.29, 0.717) is 0 Å². The van der Waals surface area contributed by atoms with Gasteiger partial charge in [0.1, 0.15) is 12.4 Å². The number of imidazole rings is 1. The third-order valence-electron chi connectivity index (χ3n) is 3.15. The number of aliphatic hydroxyl groups excluding tert-OH is 1. The zero-order valence-electron chi connectivity index (χ0n) is 9.58. The molecule has 17 heavy (non-hydrogen) atoms. The van der Waals surface area contributed by atoms with Crippen molar-refractivity contribution in [2.45, 2.75) is 32.0 Å². The van der Waals surface area contributed by atoms with Crippen molar-refractivity contribution in [2.75, 3.05) is 6.61 Å². The second-order valence-electron chi connectivity index (χ2n) is 4.27. The Morgan fingerprint density at radius 1 is 1.47 bits per heavy atom. The number of nitrogens with zero attached hydrogens (tertiary/aromatic N) is 4. The second-order valence-corrected chi connectivity index (χ2v) is 4.27. The molecule has 3 heterocycles. The minimum absolute atomic E-state index is 0.0311. The zero-order chi connectivity index (χ0) is 11.8. The minimum Gasteiger partial charge on any atom is -0.394 e. The highest BCUT2D eigenvalue weighted by molar-refractivity contribution is 5.43. The number of aromatic nitrogens is 4. The van der Waals surface area contributed by atoms with Gasteiger partial charge in [-0.25, -0.2) is 14.5 Å². The highest BCUT2D eigenvalue weighted by atomic mass is 16.5. The highest BCUT2D eigenvalue weighted by Crippen LogP contribution is 2.32. The number of aliphatic hydroxyl groups is 1. The van der Waals surface area contributed by atoms with Crippen LogP contribution in [0.25, 0.3) is 5.65 Å². The summed E-state index contributed by atoms with van der Waals surface area (Å²) in [6, 6.07) is 0. The predicted octanol–water partition coefficient (Wildman–Crippen LogP) is 0.645. The summed E-state index contributed by atoms with van der Waals surface area (Å²) in [5.74, 6) is 0. The topological polar surface area (TPSA) is 72.5 Å². The van der Waals surface area contributed by atoms with E-state index < -0.39 is 0 Å². The van der Waals surface area contributed by atoms with Crippen LogP contribution in [0.5, 0.6) is 0 Å². The van der Waals surface area contributed by atoms with Crippen molar-refractivity contribution in [2.24, 2.45) is 0 Å². The maximum Gasteiger partial charge on any atom is 0.175 e. The standard InChI is InChI=1S/C11H14N4O2/c1-7-11-12-4-9(15(11)14-6-13-7)10-3-2-8(5-16)17-10/h4,6,8,10,16H,2-3,5H2,1H3/t8?,10-/m1/s1. The number of hydrogen-bond donors (Lipinski definition) is 1. The molecule has 3 rings (SSSR count). The Labute approximate surface area is 98.3 Å². The van der Waals surface area contributed by atoms with Gasteiger partial charge in [0, 0.05) is 0 Å². The van der Waals surface area contributed by atoms with E-state index in [-0.39, 0.29) is 18.8 Å². The molecule has 2 aromatic rings. The fourth-order valence-electron chi connectivity index (χ4n) is 2.23. The summed E-state index contributed by atoms with van der Waals surface area (Å²) in [4.78, 5) is 8.41. The minimum atomic E-state index is -0.0616. The van der Waals surface area contributed by atoms with Gasteiger partial charge in [-0.2, -0.15) is 5.10 Å². The van der Waals surface area contributed by atoms with Gasteiger partial charge in [0.05, 0.1) is 30.3 Å². The lowest BCUT2D eigenvalue weighted by Crippen LogP contribution is -2.12. The molecular weight excluding hydrogens is 220 g/mol. The van der Waals surface area contributed by atoms with E-state index in [2.05, 4.69) is 15.1 Å². The summed E-state index contributed by atoms with van der Waals surface area (Å²) in [5, 5.41) is 13.3. The fraction of sp³-hybridized carbons (Fsp3) is 0.545. The van der Waals surface area contributed by atoms with Crippen molar-refractivity contribution in [3.63, 3.8) is 0 Å². The number of fused-ring (bicyclic) bond motifs is 1. The van der Waals surface area contributed by atoms with E-state index in [1.54, 1.807) is 10.7 Å². The molecule has 0 amide bonds. The van der Waals surface area contributed by atoms with E-state index in [1.165, 1.54) is 6.33 Å². The van der Waals surface area contributed by atoms with Crippen LogP contribution in [0.3, 0.4) is 0 Å². The van der Waals surface area contributed by atoms with Crippen LogP contribution >= 0.6 is 0 Å². The van der Waals surface area contributed by atoms with Gasteiger partial charge in [-0.05, 0) is 19.8 Å². The molecule has 2 atom stereocenters. The summed E-state index contributed by atoms with van der Waals surface area (Å²) < 4.78 is 7.50. The molecule has 1 aliphatic heterocycles. The summed E-state index contributed by atoms with van der Waals surface area (Å²) in [5.41, 5.74) is 2.54. The van der Waals surface area contributed by atoms with Crippen LogP contribution in [0, 0.1) is 6.92 Å². The Morgan fingerprint density at radius 3 is 3.12 bits per heavy atom. The molecule has 1 fully saturated rings. The Hall–Kier alpha value is -1.53. The van der Waals surface area contributed by atoms with E-state index in [9.17, 15) is 0 Å². The van der Waals surface area contributed by atoms with Gasteiger partial charge in [0.2, 0.25) is 0 Å². The van der Waals surface area contributed by atoms with Gasteiger partial charge in [0.25, 0.3) is 0 Å². The number of ether oxygens (including phenoxy) is 1. The molecule has 90 valence electrons. The van der Waals surface area contributed by atoms with Gasteiger partial charge < -0.3 is 9.84 Å². The first-order valence-corrected chi connectivity index (χ1v) is 5.71. The van der Waals surface area contributed by atoms with Gasteiger partial charge in [-0.1, -0.05) is 0 Å². The molecule has 1 N–H and O–H groups in total. The lowest BCUT2D eigenvalue weighted by Gasteiger charge is -2.10. The maximum atomic E-state index is 9.07. The Morgan fingerprint density at radius 2 is 2.35 bits per heavy atom. The second kappa shape index (κ2) is 4.05. The molecular formula is C11H14N4O2. The van der Waals surface area contributed by atoms with E-state index in [0.717, 1.165) is 29.9 Å². The number of rotatable bonds is 2. The number of aryl methyl sites for hydroxylation is 1. The van der Waals surface area contributed by atoms with E-state index in [1.807, 2.05) is 6.92 Å². The molecule has 0 bridgehead atoms. The van der Waals surface area contributed by atoms with Crippen LogP contribution < -0.4 is 0 Å². The zero-order valence-corrected chi connectivity index (χ0v) is 9.58. The predicted molar refractivity (Wildman–Crippen MR) is 59.5 cm³/mol. The fourth-order valence-corrected chi connectivity index (χ4v) is 2.23. The first kappa shape index (κ1) is 10.6. The Bertz CT molecular complexity index is 539. The quantitative estimate of drug-likeness (QED) is 0.825. The highest BCUT2D eigenvalue weighted by Gasteiger charge is 2.28. The summed E-state index contributed by atoms with van der Waals surface area (Å²) in [6.45, 7) is 1.97. The molecule has 1 saturated heterocycles. The molecule has 2 aromatic heterocycles. The Kier molecular flexibility index (Phi) is 2.53. The largest absolute Gasteiger partial charge is 0.394 e. The van der Waals surface area contributed by atoms with Crippen molar-refractivity contribution >= 4 is 5.65 Å².